The quantitative estimate of drug-likeness (QED) is 0.708. The minimum absolute atomic E-state index is 0.212. The average molecular weight is 429 g/mol. The Morgan fingerprint density at radius 2 is 1.83 bits per heavy atom. The van der Waals surface area contributed by atoms with Gasteiger partial charge < -0.3 is 20.0 Å². The van der Waals surface area contributed by atoms with Gasteiger partial charge in [0, 0.05) is 28.7 Å². The molecule has 1 aliphatic carbocycles. The van der Waals surface area contributed by atoms with E-state index in [-0.39, 0.29) is 12.5 Å². The molecule has 6 nitrogen and oxygen atoms in total. The molecule has 0 radical (unpaired) electrons. The Balaban J connectivity index is 1.96. The number of carbonyl (C=O) groups is 3. The number of hydrogen-bond acceptors (Lipinski definition) is 6. The van der Waals surface area contributed by atoms with Crippen molar-refractivity contribution in [3.8, 4) is 11.1 Å². The molecule has 0 aliphatic heterocycles. The fraction of sp³-hybridized carbons (Fsp3) is 0.435. The van der Waals surface area contributed by atoms with Crippen LogP contribution in [0.5, 0.6) is 0 Å². The van der Waals surface area contributed by atoms with Gasteiger partial charge in [0.15, 0.2) is 0 Å². The van der Waals surface area contributed by atoms with Crippen LogP contribution in [0.15, 0.2) is 23.6 Å². The number of thiophene rings is 1. The smallest absolute Gasteiger partial charge is 0.341 e. The summed E-state index contributed by atoms with van der Waals surface area (Å²) in [6, 6.07) is 5.96. The molecule has 1 N–H and O–H groups in total. The van der Waals surface area contributed by atoms with Crippen molar-refractivity contribution in [3.05, 3.63) is 40.3 Å². The SMILES string of the molecule is CCOC(=O)c1c(-c2ccc(C)cc2C)csc1NC(=O)[C@H]1CCCC[C@H]1C(=O)[O-]. The molecule has 0 unspecified atom stereocenters. The number of carboxylic acid groups (broad SMARTS) is 1. The van der Waals surface area contributed by atoms with Crippen LogP contribution in [0.4, 0.5) is 5.00 Å². The van der Waals surface area contributed by atoms with E-state index in [9.17, 15) is 19.5 Å². The van der Waals surface area contributed by atoms with Crippen LogP contribution in [0, 0.1) is 25.7 Å². The molecule has 2 aromatic rings. The molecule has 1 fully saturated rings. The minimum atomic E-state index is -1.19. The van der Waals surface area contributed by atoms with Gasteiger partial charge in [0.25, 0.3) is 0 Å². The van der Waals surface area contributed by atoms with Gasteiger partial charge in [-0.05, 0) is 44.7 Å². The summed E-state index contributed by atoms with van der Waals surface area (Å²) in [6.07, 6.45) is 2.50. The van der Waals surface area contributed by atoms with Crippen LogP contribution in [0.2, 0.25) is 0 Å². The molecule has 30 heavy (non-hydrogen) atoms. The van der Waals surface area contributed by atoms with Crippen molar-refractivity contribution in [2.24, 2.45) is 11.8 Å². The third kappa shape index (κ3) is 4.56. The van der Waals surface area contributed by atoms with Crippen molar-refractivity contribution >= 4 is 34.2 Å². The van der Waals surface area contributed by atoms with E-state index in [2.05, 4.69) is 5.32 Å². The van der Waals surface area contributed by atoms with Gasteiger partial charge >= 0.3 is 5.97 Å². The number of rotatable bonds is 6. The summed E-state index contributed by atoms with van der Waals surface area (Å²) < 4.78 is 5.25. The zero-order valence-corrected chi connectivity index (χ0v) is 18.3. The third-order valence-corrected chi connectivity index (χ3v) is 6.48. The van der Waals surface area contributed by atoms with Gasteiger partial charge in [-0.25, -0.2) is 4.79 Å². The molecule has 1 amide bonds. The normalized spacial score (nSPS) is 18.6. The number of anilines is 1. The molecule has 1 aromatic carbocycles. The first-order valence-corrected chi connectivity index (χ1v) is 11.1. The Labute approximate surface area is 180 Å². The number of aliphatic carboxylic acids is 1. The molecule has 0 saturated heterocycles. The summed E-state index contributed by atoms with van der Waals surface area (Å²) in [6.45, 7) is 5.91. The van der Waals surface area contributed by atoms with Crippen molar-refractivity contribution in [2.45, 2.75) is 46.5 Å². The maximum Gasteiger partial charge on any atom is 0.341 e. The van der Waals surface area contributed by atoms with E-state index in [1.54, 1.807) is 6.92 Å². The molecule has 1 aliphatic rings. The van der Waals surface area contributed by atoms with Crippen LogP contribution in [0.25, 0.3) is 11.1 Å². The first-order valence-electron chi connectivity index (χ1n) is 10.2. The van der Waals surface area contributed by atoms with Gasteiger partial charge in [-0.1, -0.05) is 36.6 Å². The number of benzene rings is 1. The highest BCUT2D eigenvalue weighted by atomic mass is 32.1. The predicted molar refractivity (Wildman–Crippen MR) is 114 cm³/mol. The monoisotopic (exact) mass is 428 g/mol. The van der Waals surface area contributed by atoms with Crippen molar-refractivity contribution in [1.82, 2.24) is 0 Å². The number of nitrogens with one attached hydrogen (secondary N) is 1. The molecule has 2 atom stereocenters. The van der Waals surface area contributed by atoms with E-state index in [1.165, 1.54) is 11.3 Å². The highest BCUT2D eigenvalue weighted by Crippen LogP contribution is 2.39. The maximum atomic E-state index is 12.9. The standard InChI is InChI=1S/C23H27NO5S/c1-4-29-23(28)19-18(15-10-9-13(2)11-14(15)3)12-30-21(19)24-20(25)16-7-5-6-8-17(16)22(26)27/h9-12,16-17H,4-8H2,1-3H3,(H,24,25)(H,26,27)/p-1/t16-,17+/m0/s1. The summed E-state index contributed by atoms with van der Waals surface area (Å²) in [5.74, 6) is -3.55. The van der Waals surface area contributed by atoms with Gasteiger partial charge in [0.1, 0.15) is 10.6 Å². The van der Waals surface area contributed by atoms with Crippen LogP contribution in [-0.4, -0.2) is 24.5 Å². The van der Waals surface area contributed by atoms with Crippen LogP contribution in [0.3, 0.4) is 0 Å². The van der Waals surface area contributed by atoms with E-state index in [4.69, 9.17) is 4.74 Å². The lowest BCUT2D eigenvalue weighted by molar-refractivity contribution is -0.313. The number of ether oxygens (including phenoxy) is 1. The molecule has 7 heteroatoms. The summed E-state index contributed by atoms with van der Waals surface area (Å²) >= 11 is 1.24. The average Bonchev–Trinajstić information content (AvgIpc) is 3.11. The largest absolute Gasteiger partial charge is 0.550 e. The van der Waals surface area contributed by atoms with Gasteiger partial charge in [-0.3, -0.25) is 4.79 Å². The molecule has 1 heterocycles. The van der Waals surface area contributed by atoms with Gasteiger partial charge in [0.2, 0.25) is 5.91 Å². The summed E-state index contributed by atoms with van der Waals surface area (Å²) in [5, 5.41) is 16.5. The lowest BCUT2D eigenvalue weighted by Gasteiger charge is -2.31. The van der Waals surface area contributed by atoms with Crippen molar-refractivity contribution in [2.75, 3.05) is 11.9 Å². The highest BCUT2D eigenvalue weighted by molar-refractivity contribution is 7.15. The first kappa shape index (κ1) is 22.0. The first-order chi connectivity index (χ1) is 14.3. The second-order valence-electron chi connectivity index (χ2n) is 7.70. The van der Waals surface area contributed by atoms with Crippen molar-refractivity contribution in [3.63, 3.8) is 0 Å². The number of carboxylic acids is 1. The molecule has 0 bridgehead atoms. The summed E-state index contributed by atoms with van der Waals surface area (Å²) in [4.78, 5) is 37.2. The Kier molecular flexibility index (Phi) is 6.92. The van der Waals surface area contributed by atoms with Crippen LogP contribution in [0.1, 0.15) is 54.1 Å². The lowest BCUT2D eigenvalue weighted by atomic mass is 9.78. The van der Waals surface area contributed by atoms with Gasteiger partial charge in [-0.2, -0.15) is 0 Å². The molecule has 1 saturated carbocycles. The maximum absolute atomic E-state index is 12.9. The van der Waals surface area contributed by atoms with Crippen molar-refractivity contribution in [1.29, 1.82) is 0 Å². The molecule has 3 rings (SSSR count). The third-order valence-electron chi connectivity index (χ3n) is 5.58. The highest BCUT2D eigenvalue weighted by Gasteiger charge is 2.33. The van der Waals surface area contributed by atoms with E-state index < -0.39 is 23.8 Å². The molecule has 0 spiro atoms. The van der Waals surface area contributed by atoms with Gasteiger partial charge in [-0.15, -0.1) is 11.3 Å². The molecule has 160 valence electrons. The Morgan fingerprint density at radius 1 is 1.13 bits per heavy atom. The fourth-order valence-electron chi connectivity index (χ4n) is 4.10. The zero-order valence-electron chi connectivity index (χ0n) is 17.4. The summed E-state index contributed by atoms with van der Waals surface area (Å²) in [5.41, 5.74) is 4.03. The van der Waals surface area contributed by atoms with Crippen LogP contribution >= 0.6 is 11.3 Å². The van der Waals surface area contributed by atoms with E-state index in [0.29, 0.717) is 29.0 Å². The van der Waals surface area contributed by atoms with Crippen LogP contribution < -0.4 is 10.4 Å². The fourth-order valence-corrected chi connectivity index (χ4v) is 5.05. The Morgan fingerprint density at radius 3 is 2.47 bits per heavy atom. The van der Waals surface area contributed by atoms with Gasteiger partial charge in [0.05, 0.1) is 6.61 Å². The molecular formula is C23H26NO5S-. The number of esters is 1. The lowest BCUT2D eigenvalue weighted by Crippen LogP contribution is -2.42. The predicted octanol–water partition coefficient (Wildman–Crippen LogP) is 3.70. The zero-order chi connectivity index (χ0) is 21.8. The topological polar surface area (TPSA) is 95.5 Å². The van der Waals surface area contributed by atoms with Crippen molar-refractivity contribution < 1.29 is 24.2 Å². The number of hydrogen-bond donors (Lipinski definition) is 1. The Hall–Kier alpha value is -2.67. The Bertz CT molecular complexity index is 964. The minimum Gasteiger partial charge on any atom is -0.550 e. The van der Waals surface area contributed by atoms with E-state index in [0.717, 1.165) is 29.5 Å². The van der Waals surface area contributed by atoms with Crippen LogP contribution in [-0.2, 0) is 14.3 Å². The van der Waals surface area contributed by atoms with E-state index >= 15 is 0 Å². The molecular weight excluding hydrogens is 402 g/mol. The number of amides is 1. The van der Waals surface area contributed by atoms with E-state index in [1.807, 2.05) is 37.4 Å². The second-order valence-corrected chi connectivity index (χ2v) is 8.58. The number of carbonyl (C=O) groups excluding carboxylic acids is 3. The summed E-state index contributed by atoms with van der Waals surface area (Å²) in [7, 11) is 0. The molecule has 1 aromatic heterocycles. The second kappa shape index (κ2) is 9.43. The number of aryl methyl sites for hydroxylation is 2.